The maximum Gasteiger partial charge on any atom is 0.208 e. The highest BCUT2D eigenvalue weighted by molar-refractivity contribution is 7.15. The minimum atomic E-state index is 0.669. The Morgan fingerprint density at radius 2 is 2.36 bits per heavy atom. The van der Waals surface area contributed by atoms with Crippen LogP contribution >= 0.6 is 11.3 Å². The molecule has 0 saturated carbocycles. The van der Waals surface area contributed by atoms with Gasteiger partial charge in [-0.1, -0.05) is 11.3 Å². The van der Waals surface area contributed by atoms with Gasteiger partial charge in [0.25, 0.3) is 0 Å². The van der Waals surface area contributed by atoms with E-state index in [4.69, 9.17) is 0 Å². The van der Waals surface area contributed by atoms with Gasteiger partial charge in [0.1, 0.15) is 5.01 Å². The smallest absolute Gasteiger partial charge is 0.208 e. The minimum Gasteiger partial charge on any atom is -0.342 e. The molecular weight excluding hydrogens is 196 g/mol. The van der Waals surface area contributed by atoms with Crippen LogP contribution in [0.4, 0.5) is 5.13 Å². The fraction of sp³-hybridized carbons (Fsp3) is 0.778. The highest BCUT2D eigenvalue weighted by atomic mass is 32.1. The molecule has 1 aromatic rings. The Kier molecular flexibility index (Phi) is 1.95. The maximum atomic E-state index is 4.22. The first-order valence-electron chi connectivity index (χ1n) is 5.12. The summed E-state index contributed by atoms with van der Waals surface area (Å²) in [6, 6.07) is 0.669. The van der Waals surface area contributed by atoms with Gasteiger partial charge in [0.2, 0.25) is 5.13 Å². The van der Waals surface area contributed by atoms with Gasteiger partial charge in [0.05, 0.1) is 0 Å². The summed E-state index contributed by atoms with van der Waals surface area (Å²) >= 11 is 1.71. The van der Waals surface area contributed by atoms with Crippen LogP contribution in [-0.2, 0) is 0 Å². The molecule has 2 aliphatic heterocycles. The Bertz CT molecular complexity index is 337. The van der Waals surface area contributed by atoms with Crippen LogP contribution < -0.4 is 10.2 Å². The van der Waals surface area contributed by atoms with Crippen molar-refractivity contribution in [1.29, 1.82) is 0 Å². The van der Waals surface area contributed by atoms with Crippen LogP contribution in [0.3, 0.4) is 0 Å². The molecule has 14 heavy (non-hydrogen) atoms. The molecule has 3 rings (SSSR count). The van der Waals surface area contributed by atoms with Crippen molar-refractivity contribution >= 4 is 16.5 Å². The van der Waals surface area contributed by atoms with E-state index in [2.05, 4.69) is 20.4 Å². The van der Waals surface area contributed by atoms with Gasteiger partial charge in [-0.3, -0.25) is 0 Å². The van der Waals surface area contributed by atoms with Crippen LogP contribution in [-0.4, -0.2) is 35.9 Å². The van der Waals surface area contributed by atoms with Gasteiger partial charge in [-0.2, -0.15) is 0 Å². The van der Waals surface area contributed by atoms with Gasteiger partial charge in [0.15, 0.2) is 0 Å². The summed E-state index contributed by atoms with van der Waals surface area (Å²) < 4.78 is 0. The average Bonchev–Trinajstić information content (AvgIpc) is 2.77. The van der Waals surface area contributed by atoms with Gasteiger partial charge in [-0.05, 0) is 19.3 Å². The van der Waals surface area contributed by atoms with Crippen LogP contribution in [0.5, 0.6) is 0 Å². The maximum absolute atomic E-state index is 4.22. The first kappa shape index (κ1) is 8.61. The average molecular weight is 210 g/mol. The summed E-state index contributed by atoms with van der Waals surface area (Å²) in [6.45, 7) is 5.47. The van der Waals surface area contributed by atoms with Crippen LogP contribution in [0.2, 0.25) is 0 Å². The molecule has 2 fully saturated rings. The molecule has 2 aliphatic rings. The predicted molar refractivity (Wildman–Crippen MR) is 56.8 cm³/mol. The molecule has 2 atom stereocenters. The lowest BCUT2D eigenvalue weighted by molar-refractivity contribution is 0.578. The molecule has 76 valence electrons. The second-order valence-electron chi connectivity index (χ2n) is 4.07. The second-order valence-corrected chi connectivity index (χ2v) is 5.23. The third-order valence-electron chi connectivity index (χ3n) is 3.21. The SMILES string of the molecule is Cc1nnc(N2CCC3CNCC32)s1. The third-order valence-corrected chi connectivity index (χ3v) is 4.08. The van der Waals surface area contributed by atoms with Gasteiger partial charge in [0, 0.05) is 25.7 Å². The van der Waals surface area contributed by atoms with Gasteiger partial charge in [-0.25, -0.2) is 0 Å². The molecule has 0 radical (unpaired) electrons. The number of rotatable bonds is 1. The molecule has 3 heterocycles. The molecule has 4 nitrogen and oxygen atoms in total. The Morgan fingerprint density at radius 1 is 1.43 bits per heavy atom. The molecule has 0 bridgehead atoms. The lowest BCUT2D eigenvalue weighted by Crippen LogP contribution is -2.33. The lowest BCUT2D eigenvalue weighted by Gasteiger charge is -2.21. The number of aryl methyl sites for hydroxylation is 1. The first-order chi connectivity index (χ1) is 6.84. The third kappa shape index (κ3) is 1.23. The number of anilines is 1. The largest absolute Gasteiger partial charge is 0.342 e. The van der Waals surface area contributed by atoms with E-state index in [0.717, 1.165) is 29.1 Å². The quantitative estimate of drug-likeness (QED) is 0.738. The summed E-state index contributed by atoms with van der Waals surface area (Å²) in [4.78, 5) is 2.43. The van der Waals surface area contributed by atoms with E-state index >= 15 is 0 Å². The zero-order valence-corrected chi connectivity index (χ0v) is 9.05. The molecule has 0 amide bonds. The van der Waals surface area contributed by atoms with E-state index in [1.807, 2.05) is 6.92 Å². The van der Waals surface area contributed by atoms with Crippen molar-refractivity contribution in [3.05, 3.63) is 5.01 Å². The summed E-state index contributed by atoms with van der Waals surface area (Å²) in [7, 11) is 0. The number of nitrogens with one attached hydrogen (secondary N) is 1. The van der Waals surface area contributed by atoms with E-state index in [-0.39, 0.29) is 0 Å². The van der Waals surface area contributed by atoms with Gasteiger partial charge < -0.3 is 10.2 Å². The molecule has 2 saturated heterocycles. The van der Waals surface area contributed by atoms with Crippen molar-refractivity contribution in [3.63, 3.8) is 0 Å². The highest BCUT2D eigenvalue weighted by Crippen LogP contribution is 2.33. The highest BCUT2D eigenvalue weighted by Gasteiger charge is 2.38. The van der Waals surface area contributed by atoms with E-state index < -0.39 is 0 Å². The van der Waals surface area contributed by atoms with Crippen LogP contribution in [0.1, 0.15) is 11.4 Å². The molecule has 0 aliphatic carbocycles. The number of hydrogen-bond donors (Lipinski definition) is 1. The van der Waals surface area contributed by atoms with Crippen LogP contribution in [0.25, 0.3) is 0 Å². The first-order valence-corrected chi connectivity index (χ1v) is 5.94. The molecule has 1 aromatic heterocycles. The Hall–Kier alpha value is -0.680. The second kappa shape index (κ2) is 3.17. The van der Waals surface area contributed by atoms with Crippen molar-refractivity contribution < 1.29 is 0 Å². The fourth-order valence-corrected chi connectivity index (χ4v) is 3.26. The van der Waals surface area contributed by atoms with Crippen molar-refractivity contribution in [3.8, 4) is 0 Å². The van der Waals surface area contributed by atoms with Gasteiger partial charge >= 0.3 is 0 Å². The van der Waals surface area contributed by atoms with Gasteiger partial charge in [-0.15, -0.1) is 10.2 Å². The van der Waals surface area contributed by atoms with Crippen LogP contribution in [0.15, 0.2) is 0 Å². The van der Waals surface area contributed by atoms with Crippen molar-refractivity contribution in [2.24, 2.45) is 5.92 Å². The van der Waals surface area contributed by atoms with Crippen molar-refractivity contribution in [2.45, 2.75) is 19.4 Å². The number of fused-ring (bicyclic) bond motifs is 1. The molecule has 0 spiro atoms. The summed E-state index contributed by atoms with van der Waals surface area (Å²) in [6.07, 6.45) is 1.30. The topological polar surface area (TPSA) is 41.1 Å². The zero-order chi connectivity index (χ0) is 9.54. The summed E-state index contributed by atoms with van der Waals surface area (Å²) in [5, 5.41) is 13.9. The Balaban J connectivity index is 1.85. The van der Waals surface area contributed by atoms with E-state index in [1.54, 1.807) is 11.3 Å². The molecule has 5 heteroatoms. The molecule has 0 aromatic carbocycles. The zero-order valence-electron chi connectivity index (χ0n) is 8.23. The Morgan fingerprint density at radius 3 is 3.14 bits per heavy atom. The van der Waals surface area contributed by atoms with Crippen LogP contribution in [0, 0.1) is 12.8 Å². The Labute approximate surface area is 87.3 Å². The number of nitrogens with zero attached hydrogens (tertiary/aromatic N) is 3. The minimum absolute atomic E-state index is 0.669. The normalized spacial score (nSPS) is 31.1. The standard InChI is InChI=1S/C9H14N4S/c1-6-11-12-9(14-6)13-3-2-7-4-10-5-8(7)13/h7-8,10H,2-5H2,1H3. The summed E-state index contributed by atoms with van der Waals surface area (Å²) in [5.41, 5.74) is 0. The van der Waals surface area contributed by atoms with E-state index in [0.29, 0.717) is 6.04 Å². The molecule has 2 unspecified atom stereocenters. The molecule has 1 N–H and O–H groups in total. The van der Waals surface area contributed by atoms with Crippen molar-refractivity contribution in [1.82, 2.24) is 15.5 Å². The van der Waals surface area contributed by atoms with Crippen molar-refractivity contribution in [2.75, 3.05) is 24.5 Å². The van der Waals surface area contributed by atoms with E-state index in [9.17, 15) is 0 Å². The monoisotopic (exact) mass is 210 g/mol. The molecular formula is C9H14N4S. The number of hydrogen-bond acceptors (Lipinski definition) is 5. The van der Waals surface area contributed by atoms with E-state index in [1.165, 1.54) is 13.0 Å². The summed E-state index contributed by atoms with van der Waals surface area (Å²) in [5.74, 6) is 0.833. The number of aromatic nitrogens is 2. The lowest BCUT2D eigenvalue weighted by atomic mass is 10.1. The predicted octanol–water partition coefficient (Wildman–Crippen LogP) is 0.645. The fourth-order valence-electron chi connectivity index (χ4n) is 2.49.